The van der Waals surface area contributed by atoms with Crippen LogP contribution in [0.5, 0.6) is 0 Å². The molecule has 4 heteroatoms. The fourth-order valence-corrected chi connectivity index (χ4v) is 0.979. The molecular formula is C10H20GdN3-5. The van der Waals surface area contributed by atoms with E-state index in [1.54, 1.807) is 9.80 Å². The molecule has 0 aromatic carbocycles. The van der Waals surface area contributed by atoms with Crippen molar-refractivity contribution in [3.63, 3.8) is 0 Å². The minimum absolute atomic E-state index is 0. The Morgan fingerprint density at radius 3 is 1.79 bits per heavy atom. The number of hydrogen-bond acceptors (Lipinski definition) is 3. The van der Waals surface area contributed by atoms with Crippen molar-refractivity contribution in [2.45, 2.75) is 13.0 Å². The van der Waals surface area contributed by atoms with Crippen LogP contribution in [0.25, 0.3) is 0 Å². The predicted molar refractivity (Wildman–Crippen MR) is 56.4 cm³/mol. The SMILES string of the molecule is [CH2-]N([CH2-])CCN([CH2-])C(C)CN([CH2-])[CH2-].[Gd]. The van der Waals surface area contributed by atoms with Gasteiger partial charge in [0.2, 0.25) is 0 Å². The molecule has 14 heavy (non-hydrogen) atoms. The molecule has 0 aromatic rings. The van der Waals surface area contributed by atoms with Gasteiger partial charge in [-0.15, -0.1) is 0 Å². The molecular weight excluding hydrogens is 319 g/mol. The Bertz CT molecular complexity index is 129. The molecule has 0 bridgehead atoms. The number of hydrogen-bond donors (Lipinski definition) is 0. The van der Waals surface area contributed by atoms with Crippen LogP contribution in [0.3, 0.4) is 0 Å². The first-order chi connectivity index (χ1) is 5.93. The Morgan fingerprint density at radius 1 is 0.929 bits per heavy atom. The van der Waals surface area contributed by atoms with E-state index in [0.29, 0.717) is 6.04 Å². The van der Waals surface area contributed by atoms with Crippen LogP contribution in [0.4, 0.5) is 0 Å². The Balaban J connectivity index is 0. The zero-order valence-electron chi connectivity index (χ0n) is 8.93. The van der Waals surface area contributed by atoms with Crippen molar-refractivity contribution in [1.29, 1.82) is 0 Å². The summed E-state index contributed by atoms with van der Waals surface area (Å²) in [6.07, 6.45) is 0. The van der Waals surface area contributed by atoms with Gasteiger partial charge in [-0.1, -0.05) is 6.92 Å². The zero-order valence-corrected chi connectivity index (χ0v) is 11.2. The van der Waals surface area contributed by atoms with Crippen molar-refractivity contribution in [2.75, 3.05) is 19.6 Å². The van der Waals surface area contributed by atoms with Crippen LogP contribution in [-0.2, 0) is 0 Å². The summed E-state index contributed by atoms with van der Waals surface area (Å²) in [4.78, 5) is 5.30. The summed E-state index contributed by atoms with van der Waals surface area (Å²) in [5, 5.41) is 0. The maximum Gasteiger partial charge on any atom is 0 e. The molecule has 0 heterocycles. The van der Waals surface area contributed by atoms with E-state index in [4.69, 9.17) is 0 Å². The first kappa shape index (κ1) is 17.6. The van der Waals surface area contributed by atoms with E-state index in [0.717, 1.165) is 19.6 Å². The fraction of sp³-hybridized carbons (Fsp3) is 0.500. The van der Waals surface area contributed by atoms with Gasteiger partial charge in [0.1, 0.15) is 0 Å². The molecule has 1 unspecified atom stereocenters. The number of rotatable bonds is 6. The Kier molecular flexibility index (Phi) is 11.9. The minimum atomic E-state index is 0. The van der Waals surface area contributed by atoms with Gasteiger partial charge in [-0.3, -0.25) is 7.05 Å². The van der Waals surface area contributed by atoms with Gasteiger partial charge in [-0.25, -0.2) is 0 Å². The number of nitrogens with zero attached hydrogens (tertiary/aromatic N) is 3. The fourth-order valence-electron chi connectivity index (χ4n) is 0.979. The van der Waals surface area contributed by atoms with Crippen molar-refractivity contribution >= 4 is 0 Å². The van der Waals surface area contributed by atoms with Gasteiger partial charge >= 0.3 is 0 Å². The van der Waals surface area contributed by atoms with E-state index in [-0.39, 0.29) is 39.9 Å². The van der Waals surface area contributed by atoms with Crippen LogP contribution in [0, 0.1) is 75.2 Å². The van der Waals surface area contributed by atoms with Crippen LogP contribution in [0.15, 0.2) is 0 Å². The second kappa shape index (κ2) is 9.43. The summed E-state index contributed by atoms with van der Waals surface area (Å²) in [6, 6.07) is 0.343. The van der Waals surface area contributed by atoms with Crippen molar-refractivity contribution in [3.8, 4) is 0 Å². The molecule has 0 rings (SSSR count). The van der Waals surface area contributed by atoms with Crippen LogP contribution < -0.4 is 0 Å². The monoisotopic (exact) mass is 340 g/mol. The molecule has 0 saturated carbocycles. The van der Waals surface area contributed by atoms with E-state index in [1.807, 2.05) is 4.90 Å². The van der Waals surface area contributed by atoms with Crippen molar-refractivity contribution in [2.24, 2.45) is 0 Å². The molecule has 88 valence electrons. The maximum absolute atomic E-state index is 3.93. The van der Waals surface area contributed by atoms with E-state index in [2.05, 4.69) is 42.2 Å². The van der Waals surface area contributed by atoms with Gasteiger partial charge < -0.3 is 42.9 Å². The standard InChI is InChI=1S/C10H20N3.Gd/c1-10(9-12(4)5)13(6)8-7-11(2)3;/h10H,2-9H2,1H3;/q-5;. The minimum Gasteiger partial charge on any atom is -0.610 e. The summed E-state index contributed by atoms with van der Waals surface area (Å²) >= 11 is 0. The third kappa shape index (κ3) is 9.75. The van der Waals surface area contributed by atoms with Gasteiger partial charge in [0, 0.05) is 39.9 Å². The normalized spacial score (nSPS) is 13.5. The average molecular weight is 340 g/mol. The smallest absolute Gasteiger partial charge is 0 e. The second-order valence-corrected chi connectivity index (χ2v) is 3.41. The first-order valence-electron chi connectivity index (χ1n) is 4.27. The quantitative estimate of drug-likeness (QED) is 0.674. The van der Waals surface area contributed by atoms with Crippen LogP contribution in [-0.4, -0.2) is 40.4 Å². The zero-order chi connectivity index (χ0) is 10.4. The van der Waals surface area contributed by atoms with Gasteiger partial charge in [-0.2, -0.15) is 0 Å². The molecule has 0 aliphatic rings. The van der Waals surface area contributed by atoms with Crippen LogP contribution in [0.2, 0.25) is 0 Å². The van der Waals surface area contributed by atoms with Crippen molar-refractivity contribution < 1.29 is 39.9 Å². The van der Waals surface area contributed by atoms with E-state index >= 15 is 0 Å². The first-order valence-corrected chi connectivity index (χ1v) is 4.27. The summed E-state index contributed by atoms with van der Waals surface area (Å²) in [6.45, 7) is 4.55. The molecule has 0 fully saturated rings. The van der Waals surface area contributed by atoms with Gasteiger partial charge in [0.05, 0.1) is 0 Å². The van der Waals surface area contributed by atoms with Crippen LogP contribution >= 0.6 is 0 Å². The average Bonchev–Trinajstić information content (AvgIpc) is 1.98. The molecule has 0 aromatic heterocycles. The van der Waals surface area contributed by atoms with E-state index < -0.39 is 0 Å². The molecule has 0 amide bonds. The largest absolute Gasteiger partial charge is 0.610 e. The third-order valence-corrected chi connectivity index (χ3v) is 1.85. The van der Waals surface area contributed by atoms with E-state index in [1.165, 1.54) is 0 Å². The second-order valence-electron chi connectivity index (χ2n) is 3.41. The molecule has 0 aliphatic heterocycles. The molecule has 0 saturated heterocycles. The van der Waals surface area contributed by atoms with Crippen molar-refractivity contribution in [3.05, 3.63) is 35.2 Å². The van der Waals surface area contributed by atoms with Gasteiger partial charge in [0.25, 0.3) is 0 Å². The summed E-state index contributed by atoms with van der Waals surface area (Å²) in [5.41, 5.74) is 0. The Hall–Kier alpha value is 1.20. The van der Waals surface area contributed by atoms with Crippen LogP contribution in [0.1, 0.15) is 6.92 Å². The van der Waals surface area contributed by atoms with Gasteiger partial charge in [-0.05, 0) is 25.7 Å². The summed E-state index contributed by atoms with van der Waals surface area (Å²) in [7, 11) is 18.6. The van der Waals surface area contributed by atoms with Crippen molar-refractivity contribution in [1.82, 2.24) is 14.7 Å². The molecule has 1 atom stereocenters. The third-order valence-electron chi connectivity index (χ3n) is 1.85. The molecule has 3 nitrogen and oxygen atoms in total. The molecule has 0 aliphatic carbocycles. The topological polar surface area (TPSA) is 9.72 Å². The molecule has 0 N–H and O–H groups in total. The molecule has 0 spiro atoms. The summed E-state index contributed by atoms with van der Waals surface area (Å²) in [5.74, 6) is 0. The maximum atomic E-state index is 3.93. The van der Waals surface area contributed by atoms with E-state index in [9.17, 15) is 0 Å². The Morgan fingerprint density at radius 2 is 1.43 bits per heavy atom. The predicted octanol–water partition coefficient (Wildman–Crippen LogP) is 1.24. The Labute approximate surface area is 121 Å². The summed E-state index contributed by atoms with van der Waals surface area (Å²) < 4.78 is 0. The van der Waals surface area contributed by atoms with Gasteiger partial charge in [0.15, 0.2) is 0 Å². The molecule has 0 radical (unpaired) electrons.